The molecular formula is C36H48N6S2Si. The summed E-state index contributed by atoms with van der Waals surface area (Å²) in [7, 11) is 6.25. The van der Waals surface area contributed by atoms with Crippen LogP contribution in [0.1, 0.15) is 81.2 Å². The van der Waals surface area contributed by atoms with E-state index in [0.29, 0.717) is 5.69 Å². The van der Waals surface area contributed by atoms with Gasteiger partial charge in [-0.2, -0.15) is 0 Å². The van der Waals surface area contributed by atoms with Crippen molar-refractivity contribution in [2.75, 3.05) is 28.2 Å². The van der Waals surface area contributed by atoms with Crippen molar-refractivity contribution < 1.29 is 0 Å². The number of rotatable bonds is 7. The second-order valence-corrected chi connectivity index (χ2v) is 20.0. The molecule has 0 aromatic carbocycles. The molecule has 0 amide bonds. The Morgan fingerprint density at radius 1 is 0.822 bits per heavy atom. The number of aliphatic imine (C=N–C) groups is 2. The van der Waals surface area contributed by atoms with Gasteiger partial charge < -0.3 is 9.80 Å². The summed E-state index contributed by atoms with van der Waals surface area (Å²) in [5, 5.41) is 1.63. The predicted octanol–water partition coefficient (Wildman–Crippen LogP) is 9.91. The number of nitrogens with zero attached hydrogens (tertiary/aromatic N) is 6. The molecular weight excluding hydrogens is 609 g/mol. The van der Waals surface area contributed by atoms with Gasteiger partial charge >= 0.3 is 0 Å². The average Bonchev–Trinajstić information content (AvgIpc) is 3.59. The molecule has 2 aromatic rings. The first-order valence-electron chi connectivity index (χ1n) is 15.9. The van der Waals surface area contributed by atoms with Gasteiger partial charge in [-0.1, -0.05) is 26.7 Å². The van der Waals surface area contributed by atoms with Crippen LogP contribution in [0.5, 0.6) is 0 Å². The smallest absolute Gasteiger partial charge is 0.227 e. The highest BCUT2D eigenvalue weighted by molar-refractivity contribution is 7.17. The predicted molar refractivity (Wildman–Crippen MR) is 199 cm³/mol. The maximum Gasteiger partial charge on any atom is 0.227 e. The van der Waals surface area contributed by atoms with Gasteiger partial charge in [0.05, 0.1) is 25.8 Å². The van der Waals surface area contributed by atoms with Crippen molar-refractivity contribution in [2.45, 2.75) is 102 Å². The van der Waals surface area contributed by atoms with Gasteiger partial charge in [0.1, 0.15) is 18.1 Å². The average molecular weight is 657 g/mol. The molecule has 9 heteroatoms. The van der Waals surface area contributed by atoms with E-state index in [2.05, 4.69) is 71.7 Å². The molecule has 0 bridgehead atoms. The van der Waals surface area contributed by atoms with Crippen molar-refractivity contribution in [3.8, 4) is 23.8 Å². The Morgan fingerprint density at radius 2 is 1.24 bits per heavy atom. The van der Waals surface area contributed by atoms with E-state index >= 15 is 0 Å². The number of aryl methyl sites for hydroxylation is 2. The highest BCUT2D eigenvalue weighted by Crippen LogP contribution is 2.53. The van der Waals surface area contributed by atoms with E-state index in [-0.39, 0.29) is 10.8 Å². The molecule has 45 heavy (non-hydrogen) atoms. The lowest BCUT2D eigenvalue weighted by atomic mass is 9.74. The standard InChI is InChI=1S/C21H31N3SSi.C15H17N3S/c1-8-26(9-2,10-3)15-14-21(4)13-11-12-17-18(21)19(22-5)20(25-17)23-16-24(6)7;1-6-15(2)9-7-8-11-12(15)13(16-3)14(19-11)17-10-18(4)5/h16H,8-13H2,1-4,6-7H3;1,10H,7-9H2,2,4-5H3/t21-;15-/m10/s1. The fourth-order valence-electron chi connectivity index (χ4n) is 6.13. The van der Waals surface area contributed by atoms with Crippen molar-refractivity contribution >= 4 is 64.8 Å². The molecule has 0 radical (unpaired) electrons. The summed E-state index contributed by atoms with van der Waals surface area (Å²) in [6, 6.07) is 3.65. The number of fused-ring (bicyclic) bond motifs is 2. The minimum Gasteiger partial charge on any atom is -0.369 e. The Kier molecular flexibility index (Phi) is 12.3. The number of hydrogen-bond acceptors (Lipinski definition) is 4. The molecule has 238 valence electrons. The van der Waals surface area contributed by atoms with E-state index in [4.69, 9.17) is 19.6 Å². The van der Waals surface area contributed by atoms with Crippen molar-refractivity contribution in [2.24, 2.45) is 9.98 Å². The third-order valence-corrected chi connectivity index (χ3v) is 16.1. The third kappa shape index (κ3) is 7.91. The zero-order valence-electron chi connectivity index (χ0n) is 28.6. The monoisotopic (exact) mass is 656 g/mol. The molecule has 2 aromatic heterocycles. The van der Waals surface area contributed by atoms with Gasteiger partial charge in [0.2, 0.25) is 11.4 Å². The lowest BCUT2D eigenvalue weighted by Gasteiger charge is -2.31. The summed E-state index contributed by atoms with van der Waals surface area (Å²) in [5.41, 5.74) is 6.88. The number of thiophene rings is 2. The summed E-state index contributed by atoms with van der Waals surface area (Å²) >= 11 is 3.30. The summed E-state index contributed by atoms with van der Waals surface area (Å²) in [5.74, 6) is 6.60. The third-order valence-electron chi connectivity index (χ3n) is 9.13. The maximum atomic E-state index is 7.77. The molecule has 0 fully saturated rings. The van der Waals surface area contributed by atoms with E-state index in [1.54, 1.807) is 35.4 Å². The SMILES string of the molecule is [C-]#[N+]c1c(N=CN(C)C)sc2c1[C@@](C)(C#C)CCC2.[C-]#[N+]c1c(N=CN(C)C)sc2c1[C@@](C)(C#C[Si](CC)(CC)CC)CCC2. The fourth-order valence-corrected chi connectivity index (χ4v) is 11.2. The lowest BCUT2D eigenvalue weighted by Crippen LogP contribution is -2.32. The van der Waals surface area contributed by atoms with E-state index in [9.17, 15) is 0 Å². The zero-order valence-corrected chi connectivity index (χ0v) is 31.2. The first-order chi connectivity index (χ1) is 21.4. The summed E-state index contributed by atoms with van der Waals surface area (Å²) in [6.45, 7) is 26.4. The van der Waals surface area contributed by atoms with Crippen molar-refractivity contribution in [3.63, 3.8) is 0 Å². The number of terminal acetylenes is 1. The Labute approximate surface area is 281 Å². The second-order valence-electron chi connectivity index (χ2n) is 12.9. The van der Waals surface area contributed by atoms with E-state index in [1.165, 1.54) is 33.5 Å². The van der Waals surface area contributed by atoms with Gasteiger partial charge in [0.25, 0.3) is 0 Å². The Morgan fingerprint density at radius 3 is 1.62 bits per heavy atom. The van der Waals surface area contributed by atoms with Crippen LogP contribution in [0, 0.1) is 37.0 Å². The van der Waals surface area contributed by atoms with Gasteiger partial charge in [-0.05, 0) is 91.4 Å². The molecule has 0 aliphatic heterocycles. The normalized spacial score (nSPS) is 20.5. The van der Waals surface area contributed by atoms with Gasteiger partial charge in [-0.15, -0.1) is 40.6 Å². The molecule has 0 N–H and O–H groups in total. The molecule has 2 aliphatic rings. The quantitative estimate of drug-likeness (QED) is 0.0979. The summed E-state index contributed by atoms with van der Waals surface area (Å²) in [6.07, 6.45) is 15.5. The van der Waals surface area contributed by atoms with E-state index in [1.807, 2.05) is 38.0 Å². The van der Waals surface area contributed by atoms with Gasteiger partial charge in [-0.3, -0.25) is 0 Å². The maximum absolute atomic E-state index is 7.77. The summed E-state index contributed by atoms with van der Waals surface area (Å²) in [4.78, 5) is 22.9. The topological polar surface area (TPSA) is 39.9 Å². The van der Waals surface area contributed by atoms with Gasteiger partial charge in [0, 0.05) is 39.0 Å². The van der Waals surface area contributed by atoms with Crippen molar-refractivity contribution in [1.29, 1.82) is 0 Å². The molecule has 4 rings (SSSR count). The van der Waals surface area contributed by atoms with E-state index < -0.39 is 8.07 Å². The van der Waals surface area contributed by atoms with Crippen LogP contribution in [-0.2, 0) is 23.7 Å². The first kappa shape index (κ1) is 36.1. The van der Waals surface area contributed by atoms with Crippen LogP contribution in [0.3, 0.4) is 0 Å². The Bertz CT molecular complexity index is 1600. The molecule has 2 heterocycles. The molecule has 0 spiro atoms. The molecule has 6 nitrogen and oxygen atoms in total. The largest absolute Gasteiger partial charge is 0.369 e. The highest BCUT2D eigenvalue weighted by Gasteiger charge is 2.38. The minimum absolute atomic E-state index is 0.201. The van der Waals surface area contributed by atoms with Gasteiger partial charge in [0.15, 0.2) is 0 Å². The Hall–Kier alpha value is -3.34. The number of hydrogen-bond donors (Lipinski definition) is 0. The van der Waals surface area contributed by atoms with Crippen LogP contribution < -0.4 is 0 Å². The van der Waals surface area contributed by atoms with Crippen molar-refractivity contribution in [1.82, 2.24) is 9.80 Å². The summed E-state index contributed by atoms with van der Waals surface area (Å²) < 4.78 is 0. The highest BCUT2D eigenvalue weighted by atomic mass is 32.1. The van der Waals surface area contributed by atoms with Crippen LogP contribution in [-0.4, -0.2) is 58.7 Å². The van der Waals surface area contributed by atoms with Crippen molar-refractivity contribution in [3.05, 3.63) is 43.7 Å². The molecule has 0 unspecified atom stereocenters. The Balaban J connectivity index is 0.000000257. The molecule has 0 saturated carbocycles. The first-order valence-corrected chi connectivity index (χ1v) is 20.1. The minimum atomic E-state index is -1.49. The molecule has 2 atom stereocenters. The van der Waals surface area contributed by atoms with Crippen LogP contribution in [0.2, 0.25) is 18.1 Å². The molecule has 2 aliphatic carbocycles. The van der Waals surface area contributed by atoms with Crippen LogP contribution in [0.15, 0.2) is 9.98 Å². The van der Waals surface area contributed by atoms with Gasteiger partial charge in [-0.25, -0.2) is 19.7 Å². The second kappa shape index (κ2) is 15.3. The van der Waals surface area contributed by atoms with Crippen LogP contribution in [0.25, 0.3) is 9.69 Å². The van der Waals surface area contributed by atoms with Crippen LogP contribution in [0.4, 0.5) is 21.4 Å². The van der Waals surface area contributed by atoms with Crippen LogP contribution >= 0.6 is 22.7 Å². The fraction of sp³-hybridized carbons (Fsp3) is 0.556. The lowest BCUT2D eigenvalue weighted by molar-refractivity contribution is 0.505. The zero-order chi connectivity index (χ0) is 33.4. The van der Waals surface area contributed by atoms with E-state index in [0.717, 1.165) is 59.8 Å². The molecule has 0 saturated heterocycles.